The summed E-state index contributed by atoms with van der Waals surface area (Å²) < 4.78 is 18.9. The van der Waals surface area contributed by atoms with E-state index in [4.69, 9.17) is 4.74 Å². The molecule has 0 saturated heterocycles. The third-order valence-corrected chi connectivity index (χ3v) is 3.55. The molecule has 0 saturated carbocycles. The summed E-state index contributed by atoms with van der Waals surface area (Å²) in [6.45, 7) is 0.313. The molecule has 0 fully saturated rings. The van der Waals surface area contributed by atoms with Gasteiger partial charge in [-0.1, -0.05) is 18.2 Å². The molecule has 0 unspecified atom stereocenters. The molecule has 1 aromatic heterocycles. The smallest absolute Gasteiger partial charge is 0.319 e. The number of rotatable bonds is 4. The molecule has 0 atom stereocenters. The first-order chi connectivity index (χ1) is 11.7. The van der Waals surface area contributed by atoms with Crippen LogP contribution in [0.2, 0.25) is 0 Å². The van der Waals surface area contributed by atoms with Gasteiger partial charge in [-0.2, -0.15) is 0 Å². The molecular formula is C18H16FN3O2. The summed E-state index contributed by atoms with van der Waals surface area (Å²) >= 11 is 0. The van der Waals surface area contributed by atoms with Gasteiger partial charge in [0.15, 0.2) is 5.82 Å². The summed E-state index contributed by atoms with van der Waals surface area (Å²) in [5.74, 6) is -0.289. The van der Waals surface area contributed by atoms with Gasteiger partial charge in [-0.05, 0) is 35.9 Å². The van der Waals surface area contributed by atoms with Crippen molar-refractivity contribution in [2.75, 3.05) is 12.4 Å². The number of hydrogen-bond donors (Lipinski definition) is 2. The maximum absolute atomic E-state index is 13.8. The SMILES string of the molecule is COc1cccc(F)c1NC(=O)NCc1ccc2ncccc2c1. The first-order valence-corrected chi connectivity index (χ1v) is 7.38. The van der Waals surface area contributed by atoms with Crippen molar-refractivity contribution >= 4 is 22.6 Å². The van der Waals surface area contributed by atoms with Crippen LogP contribution in [-0.2, 0) is 6.54 Å². The third-order valence-electron chi connectivity index (χ3n) is 3.55. The van der Waals surface area contributed by atoms with Crippen LogP contribution < -0.4 is 15.4 Å². The molecule has 5 nitrogen and oxygen atoms in total. The Morgan fingerprint density at radius 1 is 1.21 bits per heavy atom. The Labute approximate surface area is 138 Å². The number of halogens is 1. The lowest BCUT2D eigenvalue weighted by molar-refractivity contribution is 0.251. The van der Waals surface area contributed by atoms with Crippen LogP contribution in [0.15, 0.2) is 54.7 Å². The topological polar surface area (TPSA) is 63.2 Å². The molecule has 0 aliphatic heterocycles. The molecular weight excluding hydrogens is 309 g/mol. The zero-order valence-corrected chi connectivity index (χ0v) is 13.0. The number of urea groups is 1. The van der Waals surface area contributed by atoms with Gasteiger partial charge in [-0.25, -0.2) is 9.18 Å². The summed E-state index contributed by atoms with van der Waals surface area (Å²) in [5.41, 5.74) is 1.83. The summed E-state index contributed by atoms with van der Waals surface area (Å²) in [5, 5.41) is 6.17. The van der Waals surface area contributed by atoms with Gasteiger partial charge >= 0.3 is 6.03 Å². The Balaban J connectivity index is 1.67. The van der Waals surface area contributed by atoms with Crippen LogP contribution in [0.4, 0.5) is 14.9 Å². The monoisotopic (exact) mass is 325 g/mol. The van der Waals surface area contributed by atoms with E-state index in [9.17, 15) is 9.18 Å². The molecule has 0 spiro atoms. The van der Waals surface area contributed by atoms with Crippen LogP contribution in [0.1, 0.15) is 5.56 Å². The number of carbonyl (C=O) groups is 1. The van der Waals surface area contributed by atoms with Gasteiger partial charge in [-0.3, -0.25) is 4.98 Å². The minimum absolute atomic E-state index is 0.0141. The molecule has 3 aromatic rings. The molecule has 1 heterocycles. The molecule has 0 bridgehead atoms. The van der Waals surface area contributed by atoms with Crippen molar-refractivity contribution in [1.82, 2.24) is 10.3 Å². The zero-order valence-electron chi connectivity index (χ0n) is 13.0. The Morgan fingerprint density at radius 2 is 2.08 bits per heavy atom. The number of anilines is 1. The van der Waals surface area contributed by atoms with E-state index in [-0.39, 0.29) is 11.4 Å². The van der Waals surface area contributed by atoms with Crippen molar-refractivity contribution in [3.63, 3.8) is 0 Å². The van der Waals surface area contributed by atoms with Crippen molar-refractivity contribution in [2.45, 2.75) is 6.54 Å². The number of methoxy groups -OCH3 is 1. The molecule has 6 heteroatoms. The number of benzene rings is 2. The number of para-hydroxylation sites is 1. The van der Waals surface area contributed by atoms with E-state index in [0.29, 0.717) is 6.54 Å². The van der Waals surface area contributed by atoms with E-state index in [1.165, 1.54) is 19.2 Å². The summed E-state index contributed by atoms with van der Waals surface area (Å²) in [7, 11) is 1.42. The van der Waals surface area contributed by atoms with E-state index >= 15 is 0 Å². The number of nitrogens with one attached hydrogen (secondary N) is 2. The fourth-order valence-corrected chi connectivity index (χ4v) is 2.37. The van der Waals surface area contributed by atoms with Crippen LogP contribution in [0, 0.1) is 5.82 Å². The lowest BCUT2D eigenvalue weighted by Crippen LogP contribution is -2.28. The Morgan fingerprint density at radius 3 is 2.92 bits per heavy atom. The predicted octanol–water partition coefficient (Wildman–Crippen LogP) is 3.70. The van der Waals surface area contributed by atoms with Crippen LogP contribution in [0.3, 0.4) is 0 Å². The van der Waals surface area contributed by atoms with E-state index < -0.39 is 11.8 Å². The number of ether oxygens (including phenoxy) is 1. The number of aromatic nitrogens is 1. The second-order valence-corrected chi connectivity index (χ2v) is 5.16. The second kappa shape index (κ2) is 6.95. The van der Waals surface area contributed by atoms with Gasteiger partial charge in [0.1, 0.15) is 11.4 Å². The highest BCUT2D eigenvalue weighted by atomic mass is 19.1. The first kappa shape index (κ1) is 15.7. The van der Waals surface area contributed by atoms with E-state index in [0.717, 1.165) is 16.5 Å². The normalized spacial score (nSPS) is 10.4. The lowest BCUT2D eigenvalue weighted by Gasteiger charge is -2.12. The fourth-order valence-electron chi connectivity index (χ4n) is 2.37. The summed E-state index contributed by atoms with van der Waals surface area (Å²) in [4.78, 5) is 16.3. The van der Waals surface area contributed by atoms with Crippen molar-refractivity contribution in [3.05, 3.63) is 66.1 Å². The van der Waals surface area contributed by atoms with Gasteiger partial charge in [0.2, 0.25) is 0 Å². The Bertz CT molecular complexity index is 883. The number of pyridine rings is 1. The van der Waals surface area contributed by atoms with Crippen molar-refractivity contribution in [3.8, 4) is 5.75 Å². The van der Waals surface area contributed by atoms with Gasteiger partial charge in [0.05, 0.1) is 12.6 Å². The molecule has 24 heavy (non-hydrogen) atoms. The van der Waals surface area contributed by atoms with Gasteiger partial charge in [0.25, 0.3) is 0 Å². The van der Waals surface area contributed by atoms with Crippen LogP contribution in [-0.4, -0.2) is 18.1 Å². The minimum atomic E-state index is -0.554. The first-order valence-electron chi connectivity index (χ1n) is 7.38. The quantitative estimate of drug-likeness (QED) is 0.769. The van der Waals surface area contributed by atoms with Gasteiger partial charge < -0.3 is 15.4 Å². The highest BCUT2D eigenvalue weighted by molar-refractivity contribution is 5.91. The van der Waals surface area contributed by atoms with E-state index in [1.807, 2.05) is 30.3 Å². The molecule has 122 valence electrons. The average Bonchev–Trinajstić information content (AvgIpc) is 2.61. The summed E-state index contributed by atoms with van der Waals surface area (Å²) in [6.07, 6.45) is 1.73. The number of carbonyl (C=O) groups excluding carboxylic acids is 1. The highest BCUT2D eigenvalue weighted by Crippen LogP contribution is 2.26. The summed E-state index contributed by atoms with van der Waals surface area (Å²) in [6, 6.07) is 13.4. The van der Waals surface area contributed by atoms with Crippen LogP contribution in [0.5, 0.6) is 5.75 Å². The fraction of sp³-hybridized carbons (Fsp3) is 0.111. The zero-order chi connectivity index (χ0) is 16.9. The van der Waals surface area contributed by atoms with Crippen LogP contribution in [0.25, 0.3) is 10.9 Å². The lowest BCUT2D eigenvalue weighted by atomic mass is 10.1. The number of amides is 2. The molecule has 2 amide bonds. The van der Waals surface area contributed by atoms with Crippen LogP contribution >= 0.6 is 0 Å². The Hall–Kier alpha value is -3.15. The predicted molar refractivity (Wildman–Crippen MR) is 90.6 cm³/mol. The number of fused-ring (bicyclic) bond motifs is 1. The van der Waals surface area contributed by atoms with Crippen molar-refractivity contribution < 1.29 is 13.9 Å². The van der Waals surface area contributed by atoms with E-state index in [2.05, 4.69) is 15.6 Å². The van der Waals surface area contributed by atoms with Gasteiger partial charge in [0, 0.05) is 18.1 Å². The van der Waals surface area contributed by atoms with Crippen molar-refractivity contribution in [1.29, 1.82) is 0 Å². The molecule has 0 radical (unpaired) electrons. The number of nitrogens with zero attached hydrogens (tertiary/aromatic N) is 1. The second-order valence-electron chi connectivity index (χ2n) is 5.16. The molecule has 2 N–H and O–H groups in total. The maximum atomic E-state index is 13.8. The molecule has 0 aliphatic rings. The molecule has 3 rings (SSSR count). The highest BCUT2D eigenvalue weighted by Gasteiger charge is 2.12. The van der Waals surface area contributed by atoms with Gasteiger partial charge in [-0.15, -0.1) is 0 Å². The Kier molecular flexibility index (Phi) is 4.56. The van der Waals surface area contributed by atoms with Crippen molar-refractivity contribution in [2.24, 2.45) is 0 Å². The minimum Gasteiger partial charge on any atom is -0.494 e. The van der Waals surface area contributed by atoms with E-state index in [1.54, 1.807) is 12.3 Å². The third kappa shape index (κ3) is 3.43. The number of hydrogen-bond acceptors (Lipinski definition) is 3. The standard InChI is InChI=1S/C18H16FN3O2/c1-24-16-6-2-5-14(19)17(16)22-18(23)21-11-12-7-8-15-13(10-12)4-3-9-20-15/h2-10H,11H2,1H3,(H2,21,22,23). The largest absolute Gasteiger partial charge is 0.494 e. The average molecular weight is 325 g/mol. The molecule has 2 aromatic carbocycles. The maximum Gasteiger partial charge on any atom is 0.319 e. The molecule has 0 aliphatic carbocycles.